The Morgan fingerprint density at radius 1 is 1.02 bits per heavy atom. The minimum Gasteiger partial charge on any atom is -0.460 e. The number of Topliss-reactive ketones (excluding diaryl/α,β-unsaturated/α-hetero) is 1. The van der Waals surface area contributed by atoms with Gasteiger partial charge in [-0.2, -0.15) is 0 Å². The van der Waals surface area contributed by atoms with Crippen molar-refractivity contribution in [3.05, 3.63) is 104 Å². The number of nitrogens with zero attached hydrogens (tertiary/aromatic N) is 2. The van der Waals surface area contributed by atoms with Crippen LogP contribution in [-0.4, -0.2) is 35.2 Å². The molecule has 3 aromatic carbocycles. The summed E-state index contributed by atoms with van der Waals surface area (Å²) in [6, 6.07) is 19.1. The van der Waals surface area contributed by atoms with Crippen molar-refractivity contribution in [2.75, 3.05) is 11.9 Å². The molecule has 0 N–H and O–H groups in total. The lowest BCUT2D eigenvalue weighted by Gasteiger charge is -2.38. The van der Waals surface area contributed by atoms with Crippen LogP contribution in [0.3, 0.4) is 0 Å². The van der Waals surface area contributed by atoms with Gasteiger partial charge in [0.15, 0.2) is 5.78 Å². The first-order chi connectivity index (χ1) is 18.9. The molecule has 3 aromatic rings. The van der Waals surface area contributed by atoms with Gasteiger partial charge in [-0.05, 0) is 55.7 Å². The lowest BCUT2D eigenvalue weighted by Crippen LogP contribution is -2.50. The van der Waals surface area contributed by atoms with Crippen molar-refractivity contribution in [1.82, 2.24) is 0 Å². The van der Waals surface area contributed by atoms with Crippen molar-refractivity contribution < 1.29 is 24.0 Å². The number of rotatable bonds is 3. The van der Waals surface area contributed by atoms with Crippen LogP contribution in [0.25, 0.3) is 0 Å². The molecule has 40 heavy (non-hydrogen) atoms. The van der Waals surface area contributed by atoms with Gasteiger partial charge in [0.25, 0.3) is 5.69 Å². The second-order valence-electron chi connectivity index (χ2n) is 11.7. The number of hydrogen-bond donors (Lipinski definition) is 0. The van der Waals surface area contributed by atoms with Gasteiger partial charge in [-0.25, -0.2) is 0 Å². The molecule has 0 radical (unpaired) electrons. The van der Waals surface area contributed by atoms with E-state index in [-0.39, 0.29) is 22.9 Å². The van der Waals surface area contributed by atoms with E-state index in [0.29, 0.717) is 16.8 Å². The number of hydrogen-bond acceptors (Lipinski definition) is 6. The molecule has 204 valence electrons. The number of ketones is 1. The zero-order valence-corrected chi connectivity index (χ0v) is 24.0. The van der Waals surface area contributed by atoms with Crippen molar-refractivity contribution in [2.45, 2.75) is 43.6 Å². The monoisotopic (exact) mass is 602 g/mol. The zero-order chi connectivity index (χ0) is 28.7. The van der Waals surface area contributed by atoms with Crippen LogP contribution in [0, 0.1) is 22.0 Å². The summed E-state index contributed by atoms with van der Waals surface area (Å²) >= 11 is 3.56. The molecule has 3 aliphatic rings. The maximum atomic E-state index is 14.7. The quantitative estimate of drug-likeness (QED) is 0.209. The van der Waals surface area contributed by atoms with Crippen LogP contribution >= 0.6 is 15.9 Å². The van der Waals surface area contributed by atoms with Crippen molar-refractivity contribution >= 4 is 45.0 Å². The topological polar surface area (TPSA) is 107 Å². The molecule has 5 atom stereocenters. The Balaban J connectivity index is 1.71. The van der Waals surface area contributed by atoms with Gasteiger partial charge in [0, 0.05) is 52.7 Å². The molecular formula is C31H27BrN2O6. The van der Waals surface area contributed by atoms with E-state index in [1.807, 2.05) is 48.5 Å². The summed E-state index contributed by atoms with van der Waals surface area (Å²) in [4.78, 5) is 55.9. The lowest BCUT2D eigenvalue weighted by molar-refractivity contribution is -0.384. The summed E-state index contributed by atoms with van der Waals surface area (Å²) in [5.74, 6) is -4.46. The zero-order valence-electron chi connectivity index (χ0n) is 22.4. The highest BCUT2D eigenvalue weighted by atomic mass is 79.9. The highest BCUT2D eigenvalue weighted by Crippen LogP contribution is 2.70. The van der Waals surface area contributed by atoms with E-state index in [1.54, 1.807) is 38.8 Å². The van der Waals surface area contributed by atoms with Crippen LogP contribution in [0.5, 0.6) is 0 Å². The van der Waals surface area contributed by atoms with E-state index in [2.05, 4.69) is 15.9 Å². The number of benzene rings is 3. The number of carbonyl (C=O) groups is 3. The average molecular weight is 603 g/mol. The lowest BCUT2D eigenvalue weighted by atomic mass is 9.63. The second kappa shape index (κ2) is 8.83. The van der Waals surface area contributed by atoms with Crippen molar-refractivity contribution in [2.24, 2.45) is 11.8 Å². The molecule has 1 fully saturated rings. The first kappa shape index (κ1) is 26.4. The number of nitro benzene ring substituents is 1. The number of anilines is 1. The molecule has 1 saturated carbocycles. The number of non-ortho nitro benzene ring substituents is 1. The normalized spacial score (nSPS) is 26.6. The van der Waals surface area contributed by atoms with Gasteiger partial charge < -0.3 is 9.64 Å². The van der Waals surface area contributed by atoms with Crippen LogP contribution < -0.4 is 4.90 Å². The van der Waals surface area contributed by atoms with Gasteiger partial charge in [0.2, 0.25) is 5.91 Å². The summed E-state index contributed by atoms with van der Waals surface area (Å²) in [6.45, 7) is 5.30. The van der Waals surface area contributed by atoms with Crippen LogP contribution in [0.2, 0.25) is 0 Å². The van der Waals surface area contributed by atoms with Crippen molar-refractivity contribution in [3.8, 4) is 0 Å². The molecule has 1 aliphatic heterocycles. The number of halogens is 1. The standard InChI is InChI=1S/C31H27BrN2O6/c1-30(2,3)40-28(36)26-23-19-12-11-18(34(38)39)15-20(19)27(35)24(23)25(16-8-6-5-7-9-16)31(26)21-14-17(32)10-13-22(21)33(4)29(31)37/h5-15,23-26H,1-4H3. The molecule has 0 saturated heterocycles. The first-order valence-corrected chi connectivity index (χ1v) is 13.9. The van der Waals surface area contributed by atoms with Gasteiger partial charge >= 0.3 is 5.97 Å². The van der Waals surface area contributed by atoms with E-state index in [1.165, 1.54) is 12.1 Å². The van der Waals surface area contributed by atoms with Gasteiger partial charge in [0.1, 0.15) is 5.60 Å². The Morgan fingerprint density at radius 2 is 1.73 bits per heavy atom. The number of nitro groups is 1. The summed E-state index contributed by atoms with van der Waals surface area (Å²) in [5, 5.41) is 11.6. The SMILES string of the molecule is CN1C(=O)C2(c3cc(Br)ccc31)C(C(=O)OC(C)(C)C)C1c3ccc([N+](=O)[O-])cc3C(=O)C1C2c1ccccc1. The minimum atomic E-state index is -1.44. The summed E-state index contributed by atoms with van der Waals surface area (Å²) < 4.78 is 6.74. The highest BCUT2D eigenvalue weighted by molar-refractivity contribution is 9.10. The first-order valence-electron chi connectivity index (χ1n) is 13.1. The molecule has 1 amide bonds. The molecule has 2 aliphatic carbocycles. The van der Waals surface area contributed by atoms with Gasteiger partial charge in [-0.3, -0.25) is 24.5 Å². The largest absolute Gasteiger partial charge is 0.460 e. The Hall–Kier alpha value is -3.85. The fraction of sp³-hybridized carbons (Fsp3) is 0.323. The van der Waals surface area contributed by atoms with Crippen molar-refractivity contribution in [1.29, 1.82) is 0 Å². The van der Waals surface area contributed by atoms with Crippen LogP contribution in [0.15, 0.2) is 71.2 Å². The van der Waals surface area contributed by atoms with Gasteiger partial charge in [0.05, 0.1) is 16.3 Å². The summed E-state index contributed by atoms with van der Waals surface area (Å²) in [5.41, 5.74) is 0.334. The van der Waals surface area contributed by atoms with Crippen LogP contribution in [0.1, 0.15) is 59.7 Å². The maximum absolute atomic E-state index is 14.7. The second-order valence-corrected chi connectivity index (χ2v) is 12.7. The Labute approximate surface area is 239 Å². The third-order valence-electron chi connectivity index (χ3n) is 8.50. The number of amides is 1. The number of likely N-dealkylation sites (N-methyl/N-ethyl adjacent to an activating group) is 1. The predicted octanol–water partition coefficient (Wildman–Crippen LogP) is 5.92. The molecule has 1 heterocycles. The fourth-order valence-corrected chi connectivity index (χ4v) is 7.63. The number of esters is 1. The molecule has 5 unspecified atom stereocenters. The van der Waals surface area contributed by atoms with E-state index >= 15 is 0 Å². The fourth-order valence-electron chi connectivity index (χ4n) is 7.27. The molecular weight excluding hydrogens is 576 g/mol. The third-order valence-corrected chi connectivity index (χ3v) is 9.00. The van der Waals surface area contributed by atoms with Gasteiger partial charge in [-0.1, -0.05) is 52.3 Å². The molecule has 0 aromatic heterocycles. The van der Waals surface area contributed by atoms with E-state index < -0.39 is 45.6 Å². The molecule has 6 rings (SSSR count). The molecule has 8 nitrogen and oxygen atoms in total. The summed E-state index contributed by atoms with van der Waals surface area (Å²) in [7, 11) is 1.69. The third kappa shape index (κ3) is 3.53. The number of ether oxygens (including phenoxy) is 1. The molecule has 1 spiro atoms. The minimum absolute atomic E-state index is 0.196. The highest BCUT2D eigenvalue weighted by Gasteiger charge is 2.74. The molecule has 9 heteroatoms. The maximum Gasteiger partial charge on any atom is 0.311 e. The Kier molecular flexibility index (Phi) is 5.82. The predicted molar refractivity (Wildman–Crippen MR) is 151 cm³/mol. The van der Waals surface area contributed by atoms with Crippen LogP contribution in [0.4, 0.5) is 11.4 Å². The Morgan fingerprint density at radius 3 is 2.38 bits per heavy atom. The van der Waals surface area contributed by atoms with E-state index in [0.717, 1.165) is 10.0 Å². The number of carbonyl (C=O) groups excluding carboxylic acids is 3. The number of fused-ring (bicyclic) bond motifs is 5. The van der Waals surface area contributed by atoms with Gasteiger partial charge in [-0.15, -0.1) is 0 Å². The Bertz CT molecular complexity index is 1610. The van der Waals surface area contributed by atoms with E-state index in [4.69, 9.17) is 4.74 Å². The van der Waals surface area contributed by atoms with Crippen molar-refractivity contribution in [3.63, 3.8) is 0 Å². The average Bonchev–Trinajstić information content (AvgIpc) is 3.44. The summed E-state index contributed by atoms with van der Waals surface area (Å²) in [6.07, 6.45) is 0. The smallest absolute Gasteiger partial charge is 0.311 e. The van der Waals surface area contributed by atoms with Crippen LogP contribution in [-0.2, 0) is 19.7 Å². The molecule has 0 bridgehead atoms. The van der Waals surface area contributed by atoms with E-state index in [9.17, 15) is 24.5 Å².